The Morgan fingerprint density at radius 1 is 0.774 bits per heavy atom. The number of hydrogen-bond donors (Lipinski definition) is 2. The van der Waals surface area contributed by atoms with Gasteiger partial charge in [-0.2, -0.15) is 0 Å². The van der Waals surface area contributed by atoms with E-state index in [1.807, 2.05) is 66.7 Å². The van der Waals surface area contributed by atoms with E-state index in [0.717, 1.165) is 41.5 Å². The molecule has 0 radical (unpaired) electrons. The maximum atomic E-state index is 12.7. The third kappa shape index (κ3) is 6.54. The lowest BCUT2D eigenvalue weighted by Gasteiger charge is -2.11. The van der Waals surface area contributed by atoms with Crippen molar-refractivity contribution in [3.05, 3.63) is 95.6 Å². The lowest BCUT2D eigenvalue weighted by atomic mass is 9.95. The predicted octanol–water partition coefficient (Wildman–Crippen LogP) is 5.18. The highest BCUT2D eigenvalue weighted by atomic mass is 32.2. The molecule has 0 aliphatic rings. The average molecular weight is 436 g/mol. The summed E-state index contributed by atoms with van der Waals surface area (Å²) in [6.45, 7) is 0.154. The normalized spacial score (nSPS) is 12.1. The maximum Gasteiger partial charge on any atom is 0.178 e. The molecule has 3 aromatic carbocycles. The fourth-order valence-corrected chi connectivity index (χ4v) is 4.80. The van der Waals surface area contributed by atoms with E-state index < -0.39 is 9.84 Å². The number of benzene rings is 3. The van der Waals surface area contributed by atoms with Gasteiger partial charge in [-0.25, -0.2) is 8.42 Å². The van der Waals surface area contributed by atoms with Gasteiger partial charge >= 0.3 is 0 Å². The number of sulfone groups is 1. The van der Waals surface area contributed by atoms with E-state index in [9.17, 15) is 8.42 Å². The van der Waals surface area contributed by atoms with Gasteiger partial charge in [0.05, 0.1) is 10.6 Å². The molecule has 0 aliphatic heterocycles. The number of nitrogens with two attached hydrogens (primary N) is 1. The van der Waals surface area contributed by atoms with Crippen LogP contribution in [0.4, 0.5) is 5.69 Å². The molecule has 0 unspecified atom stereocenters. The monoisotopic (exact) mass is 435 g/mol. The highest BCUT2D eigenvalue weighted by molar-refractivity contribution is 7.91. The number of nitrogen functional groups attached to an aromatic ring is 1. The summed E-state index contributed by atoms with van der Waals surface area (Å²) in [7, 11) is -3.32. The van der Waals surface area contributed by atoms with Gasteiger partial charge in [0.1, 0.15) is 0 Å². The summed E-state index contributed by atoms with van der Waals surface area (Å²) in [4.78, 5) is 0.342. The van der Waals surface area contributed by atoms with E-state index in [0.29, 0.717) is 17.0 Å². The van der Waals surface area contributed by atoms with Gasteiger partial charge in [-0.1, -0.05) is 67.4 Å². The van der Waals surface area contributed by atoms with Crippen molar-refractivity contribution in [2.75, 3.05) is 18.1 Å². The van der Waals surface area contributed by atoms with Gasteiger partial charge in [0, 0.05) is 12.3 Å². The molecule has 3 rings (SSSR count). The van der Waals surface area contributed by atoms with Crippen molar-refractivity contribution in [1.29, 1.82) is 0 Å². The Hall–Kier alpha value is -2.89. The number of rotatable bonds is 10. The summed E-state index contributed by atoms with van der Waals surface area (Å²) in [5.41, 5.74) is 10.6. The Kier molecular flexibility index (Phi) is 8.04. The minimum atomic E-state index is -3.32. The van der Waals surface area contributed by atoms with Gasteiger partial charge < -0.3 is 10.8 Å². The zero-order chi connectivity index (χ0) is 22.1. The van der Waals surface area contributed by atoms with Gasteiger partial charge in [0.2, 0.25) is 0 Å². The summed E-state index contributed by atoms with van der Waals surface area (Å²) in [6, 6.07) is 24.8. The van der Waals surface area contributed by atoms with E-state index in [2.05, 4.69) is 6.08 Å². The van der Waals surface area contributed by atoms with E-state index in [1.54, 1.807) is 12.1 Å². The Bertz CT molecular complexity index is 1090. The van der Waals surface area contributed by atoms with Gasteiger partial charge in [-0.3, -0.25) is 0 Å². The lowest BCUT2D eigenvalue weighted by molar-refractivity contribution is 0.283. The van der Waals surface area contributed by atoms with Crippen LogP contribution < -0.4 is 5.73 Å². The van der Waals surface area contributed by atoms with E-state index in [4.69, 9.17) is 10.8 Å². The smallest absolute Gasteiger partial charge is 0.178 e. The maximum absolute atomic E-state index is 12.7. The topological polar surface area (TPSA) is 80.4 Å². The van der Waals surface area contributed by atoms with Crippen LogP contribution in [0.2, 0.25) is 0 Å². The Labute approximate surface area is 185 Å². The molecule has 0 aromatic heterocycles. The summed E-state index contributed by atoms with van der Waals surface area (Å²) < 4.78 is 25.3. The van der Waals surface area contributed by atoms with E-state index in [-0.39, 0.29) is 12.4 Å². The first kappa shape index (κ1) is 22.8. The third-order valence-corrected chi connectivity index (χ3v) is 6.99. The third-order valence-electron chi connectivity index (χ3n) is 5.18. The molecule has 3 aromatic rings. The first-order chi connectivity index (χ1) is 15.0. The SMILES string of the molecule is Nc1ccc(C(=Cc2ccccc2)c2ccc(S(=O)(=O)CCCCCCO)cc2)cc1. The largest absolute Gasteiger partial charge is 0.399 e. The van der Waals surface area contributed by atoms with E-state index in [1.165, 1.54) is 0 Å². The molecule has 0 amide bonds. The highest BCUT2D eigenvalue weighted by Gasteiger charge is 2.15. The number of anilines is 1. The molecule has 5 heteroatoms. The van der Waals surface area contributed by atoms with Crippen molar-refractivity contribution in [2.45, 2.75) is 30.6 Å². The van der Waals surface area contributed by atoms with Crippen LogP contribution in [0.3, 0.4) is 0 Å². The lowest BCUT2D eigenvalue weighted by Crippen LogP contribution is -2.07. The van der Waals surface area contributed by atoms with Crippen LogP contribution in [-0.2, 0) is 9.84 Å². The minimum absolute atomic E-state index is 0.127. The van der Waals surface area contributed by atoms with Crippen molar-refractivity contribution in [3.63, 3.8) is 0 Å². The number of hydrogen-bond acceptors (Lipinski definition) is 4. The fourth-order valence-electron chi connectivity index (χ4n) is 3.43. The van der Waals surface area contributed by atoms with Gasteiger partial charge in [-0.15, -0.1) is 0 Å². The standard InChI is InChI=1S/C26H29NO3S/c27-24-14-10-22(11-15-24)26(20-21-8-4-3-5-9-21)23-12-16-25(17-13-23)31(29,30)19-7-2-1-6-18-28/h3-5,8-17,20,28H,1-2,6-7,18-19,27H2. The second-order valence-corrected chi connectivity index (χ2v) is 9.68. The molecule has 0 saturated carbocycles. The van der Waals surface area contributed by atoms with Crippen molar-refractivity contribution >= 4 is 27.2 Å². The van der Waals surface area contributed by atoms with Crippen LogP contribution in [0.25, 0.3) is 11.6 Å². The van der Waals surface area contributed by atoms with E-state index >= 15 is 0 Å². The molecule has 0 saturated heterocycles. The molecule has 0 atom stereocenters. The van der Waals surface area contributed by atoms with Crippen molar-refractivity contribution < 1.29 is 13.5 Å². The quantitative estimate of drug-likeness (QED) is 0.261. The second kappa shape index (κ2) is 10.9. The zero-order valence-corrected chi connectivity index (χ0v) is 18.4. The van der Waals surface area contributed by atoms with Gasteiger partial charge in [0.15, 0.2) is 9.84 Å². The molecule has 0 spiro atoms. The molecular weight excluding hydrogens is 406 g/mol. The molecule has 0 heterocycles. The Morgan fingerprint density at radius 2 is 1.35 bits per heavy atom. The zero-order valence-electron chi connectivity index (χ0n) is 17.6. The van der Waals surface area contributed by atoms with Gasteiger partial charge in [-0.05, 0) is 65.4 Å². The van der Waals surface area contributed by atoms with Crippen LogP contribution in [-0.4, -0.2) is 25.9 Å². The molecule has 31 heavy (non-hydrogen) atoms. The Morgan fingerprint density at radius 3 is 1.97 bits per heavy atom. The van der Waals surface area contributed by atoms with Crippen molar-refractivity contribution in [2.24, 2.45) is 0 Å². The minimum Gasteiger partial charge on any atom is -0.399 e. The number of unbranched alkanes of at least 4 members (excludes halogenated alkanes) is 3. The Balaban J connectivity index is 1.85. The van der Waals surface area contributed by atoms with Crippen LogP contribution in [0.5, 0.6) is 0 Å². The molecule has 4 nitrogen and oxygen atoms in total. The molecule has 162 valence electrons. The molecule has 0 aliphatic carbocycles. The van der Waals surface area contributed by atoms with Crippen LogP contribution in [0.1, 0.15) is 42.4 Å². The molecule has 3 N–H and O–H groups in total. The summed E-state index contributed by atoms with van der Waals surface area (Å²) in [6.07, 6.45) is 5.07. The van der Waals surface area contributed by atoms with Crippen LogP contribution >= 0.6 is 0 Å². The molecular formula is C26H29NO3S. The van der Waals surface area contributed by atoms with Crippen LogP contribution in [0, 0.1) is 0 Å². The first-order valence-corrected chi connectivity index (χ1v) is 12.2. The van der Waals surface area contributed by atoms with Crippen LogP contribution in [0.15, 0.2) is 83.8 Å². The molecule has 0 bridgehead atoms. The summed E-state index contributed by atoms with van der Waals surface area (Å²) in [5.74, 6) is 0.127. The van der Waals surface area contributed by atoms with Gasteiger partial charge in [0.25, 0.3) is 0 Å². The molecule has 0 fully saturated rings. The average Bonchev–Trinajstić information content (AvgIpc) is 2.79. The predicted molar refractivity (Wildman–Crippen MR) is 128 cm³/mol. The fraction of sp³-hybridized carbons (Fsp3) is 0.231. The summed E-state index contributed by atoms with van der Waals surface area (Å²) in [5, 5.41) is 8.83. The number of aliphatic hydroxyl groups excluding tert-OH is 1. The first-order valence-electron chi connectivity index (χ1n) is 10.6. The van der Waals surface area contributed by atoms with Crippen molar-refractivity contribution in [1.82, 2.24) is 0 Å². The highest BCUT2D eigenvalue weighted by Crippen LogP contribution is 2.28. The summed E-state index contributed by atoms with van der Waals surface area (Å²) >= 11 is 0. The second-order valence-electron chi connectivity index (χ2n) is 7.57. The van der Waals surface area contributed by atoms with Crippen molar-refractivity contribution in [3.8, 4) is 0 Å². The number of aliphatic hydroxyl groups is 1.